The Morgan fingerprint density at radius 3 is 3.00 bits per heavy atom. The van der Waals surface area contributed by atoms with Gasteiger partial charge in [0.25, 0.3) is 0 Å². The molecule has 0 unspecified atom stereocenters. The Morgan fingerprint density at radius 2 is 2.31 bits per heavy atom. The van der Waals surface area contributed by atoms with Crippen LogP contribution in [0.5, 0.6) is 0 Å². The lowest BCUT2D eigenvalue weighted by Crippen LogP contribution is -1.95. The van der Waals surface area contributed by atoms with Crippen LogP contribution in [-0.4, -0.2) is 19.9 Å². The molecule has 0 saturated carbocycles. The summed E-state index contributed by atoms with van der Waals surface area (Å²) in [5, 5.41) is 12.9. The lowest BCUT2D eigenvalue weighted by atomic mass is 10.2. The first kappa shape index (κ1) is 7.94. The summed E-state index contributed by atoms with van der Waals surface area (Å²) in [6, 6.07) is 7.52. The van der Waals surface area contributed by atoms with E-state index in [1.807, 2.05) is 24.3 Å². The van der Waals surface area contributed by atoms with Crippen molar-refractivity contribution in [2.24, 2.45) is 0 Å². The van der Waals surface area contributed by atoms with E-state index in [4.69, 9.17) is 5.11 Å². The zero-order valence-corrected chi connectivity index (χ0v) is 6.96. The van der Waals surface area contributed by atoms with Gasteiger partial charge < -0.3 is 5.11 Å². The van der Waals surface area contributed by atoms with Crippen LogP contribution in [0.15, 0.2) is 36.9 Å². The predicted molar refractivity (Wildman–Crippen MR) is 47.3 cm³/mol. The van der Waals surface area contributed by atoms with Crippen molar-refractivity contribution in [2.75, 3.05) is 0 Å². The maximum Gasteiger partial charge on any atom is 0.138 e. The summed E-state index contributed by atoms with van der Waals surface area (Å²) in [6.07, 6.45) is 3.10. The smallest absolute Gasteiger partial charge is 0.138 e. The number of aliphatic hydroxyl groups excluding tert-OH is 1. The number of hydrogen-bond acceptors (Lipinski definition) is 3. The second-order valence-electron chi connectivity index (χ2n) is 2.67. The van der Waals surface area contributed by atoms with Crippen LogP contribution >= 0.6 is 0 Å². The molecule has 0 bridgehead atoms. The number of hydrogen-bond donors (Lipinski definition) is 1. The minimum absolute atomic E-state index is 0.0442. The van der Waals surface area contributed by atoms with Crippen LogP contribution in [0.25, 0.3) is 5.69 Å². The Morgan fingerprint density at radius 1 is 1.38 bits per heavy atom. The molecule has 0 amide bonds. The van der Waals surface area contributed by atoms with Crippen molar-refractivity contribution in [3.05, 3.63) is 42.5 Å². The van der Waals surface area contributed by atoms with Crippen LogP contribution in [0, 0.1) is 0 Å². The third-order valence-electron chi connectivity index (χ3n) is 1.78. The molecule has 0 aliphatic carbocycles. The molecule has 66 valence electrons. The highest BCUT2D eigenvalue weighted by molar-refractivity contribution is 5.34. The third kappa shape index (κ3) is 1.57. The van der Waals surface area contributed by atoms with Crippen molar-refractivity contribution in [1.82, 2.24) is 14.8 Å². The maximum absolute atomic E-state index is 8.91. The predicted octanol–water partition coefficient (Wildman–Crippen LogP) is 0.760. The monoisotopic (exact) mass is 175 g/mol. The van der Waals surface area contributed by atoms with E-state index >= 15 is 0 Å². The second kappa shape index (κ2) is 3.37. The van der Waals surface area contributed by atoms with Gasteiger partial charge in [-0.15, -0.1) is 0 Å². The first-order valence-corrected chi connectivity index (χ1v) is 3.95. The van der Waals surface area contributed by atoms with Gasteiger partial charge in [-0.05, 0) is 17.7 Å². The fourth-order valence-electron chi connectivity index (χ4n) is 1.14. The Balaban J connectivity index is 2.41. The maximum atomic E-state index is 8.91. The van der Waals surface area contributed by atoms with Crippen LogP contribution in [0.3, 0.4) is 0 Å². The molecular weight excluding hydrogens is 166 g/mol. The summed E-state index contributed by atoms with van der Waals surface area (Å²) in [5.74, 6) is 0. The van der Waals surface area contributed by atoms with Crippen LogP contribution in [-0.2, 0) is 6.61 Å². The highest BCUT2D eigenvalue weighted by Crippen LogP contribution is 2.08. The minimum Gasteiger partial charge on any atom is -0.392 e. The fourth-order valence-corrected chi connectivity index (χ4v) is 1.14. The average Bonchev–Trinajstić information content (AvgIpc) is 2.71. The van der Waals surface area contributed by atoms with Crippen molar-refractivity contribution < 1.29 is 5.11 Å². The van der Waals surface area contributed by atoms with E-state index in [0.717, 1.165) is 11.3 Å². The summed E-state index contributed by atoms with van der Waals surface area (Å²) >= 11 is 0. The number of rotatable bonds is 2. The van der Waals surface area contributed by atoms with E-state index in [2.05, 4.69) is 10.1 Å². The van der Waals surface area contributed by atoms with E-state index in [1.165, 1.54) is 6.33 Å². The van der Waals surface area contributed by atoms with Gasteiger partial charge in [-0.1, -0.05) is 12.1 Å². The number of aliphatic hydroxyl groups is 1. The molecule has 4 heteroatoms. The highest BCUT2D eigenvalue weighted by atomic mass is 16.3. The van der Waals surface area contributed by atoms with Gasteiger partial charge in [0.15, 0.2) is 0 Å². The Kier molecular flexibility index (Phi) is 2.06. The van der Waals surface area contributed by atoms with Crippen molar-refractivity contribution in [1.29, 1.82) is 0 Å². The Bertz CT molecular complexity index is 384. The molecule has 0 radical (unpaired) electrons. The summed E-state index contributed by atoms with van der Waals surface area (Å²) in [5.41, 5.74) is 1.78. The van der Waals surface area contributed by atoms with Gasteiger partial charge in [-0.25, -0.2) is 9.67 Å². The van der Waals surface area contributed by atoms with Gasteiger partial charge in [0, 0.05) is 0 Å². The van der Waals surface area contributed by atoms with Gasteiger partial charge in [0.1, 0.15) is 12.7 Å². The number of aromatic nitrogens is 3. The highest BCUT2D eigenvalue weighted by Gasteiger charge is 1.96. The quantitative estimate of drug-likeness (QED) is 0.733. The second-order valence-corrected chi connectivity index (χ2v) is 2.67. The van der Waals surface area contributed by atoms with Crippen LogP contribution < -0.4 is 0 Å². The molecule has 1 aromatic heterocycles. The van der Waals surface area contributed by atoms with Gasteiger partial charge in [-0.3, -0.25) is 0 Å². The molecule has 1 heterocycles. The lowest BCUT2D eigenvalue weighted by Gasteiger charge is -2.01. The van der Waals surface area contributed by atoms with Crippen molar-refractivity contribution in [3.63, 3.8) is 0 Å². The number of benzene rings is 1. The Labute approximate surface area is 75.5 Å². The van der Waals surface area contributed by atoms with Gasteiger partial charge in [0.05, 0.1) is 12.3 Å². The zero-order chi connectivity index (χ0) is 9.10. The summed E-state index contributed by atoms with van der Waals surface area (Å²) in [7, 11) is 0. The normalized spacial score (nSPS) is 10.2. The standard InChI is InChI=1S/C9H9N3O/c13-5-8-2-1-3-9(4-8)12-7-10-6-11-12/h1-4,6-7,13H,5H2. The first-order valence-electron chi connectivity index (χ1n) is 3.95. The molecule has 1 aromatic carbocycles. The minimum atomic E-state index is 0.0442. The van der Waals surface area contributed by atoms with E-state index in [-0.39, 0.29) is 6.61 Å². The molecular formula is C9H9N3O. The van der Waals surface area contributed by atoms with E-state index in [0.29, 0.717) is 0 Å². The number of nitrogens with zero attached hydrogens (tertiary/aromatic N) is 3. The van der Waals surface area contributed by atoms with Crippen LogP contribution in [0.2, 0.25) is 0 Å². The lowest BCUT2D eigenvalue weighted by molar-refractivity contribution is 0.282. The largest absolute Gasteiger partial charge is 0.392 e. The molecule has 4 nitrogen and oxygen atoms in total. The molecule has 2 rings (SSSR count). The third-order valence-corrected chi connectivity index (χ3v) is 1.78. The molecule has 0 spiro atoms. The molecule has 1 N–H and O–H groups in total. The molecule has 0 saturated heterocycles. The average molecular weight is 175 g/mol. The molecule has 0 fully saturated rings. The molecule has 13 heavy (non-hydrogen) atoms. The zero-order valence-electron chi connectivity index (χ0n) is 6.96. The topological polar surface area (TPSA) is 50.9 Å². The van der Waals surface area contributed by atoms with Gasteiger partial charge in [0.2, 0.25) is 0 Å². The van der Waals surface area contributed by atoms with Crippen molar-refractivity contribution in [3.8, 4) is 5.69 Å². The van der Waals surface area contributed by atoms with Crippen molar-refractivity contribution >= 4 is 0 Å². The van der Waals surface area contributed by atoms with Crippen LogP contribution in [0.4, 0.5) is 0 Å². The summed E-state index contributed by atoms with van der Waals surface area (Å²) < 4.78 is 1.65. The van der Waals surface area contributed by atoms with Crippen LogP contribution in [0.1, 0.15) is 5.56 Å². The molecule has 0 aliphatic rings. The summed E-state index contributed by atoms with van der Waals surface area (Å²) in [4.78, 5) is 3.84. The molecule has 0 atom stereocenters. The molecule has 0 aliphatic heterocycles. The fraction of sp³-hybridized carbons (Fsp3) is 0.111. The van der Waals surface area contributed by atoms with E-state index < -0.39 is 0 Å². The van der Waals surface area contributed by atoms with Crippen molar-refractivity contribution in [2.45, 2.75) is 6.61 Å². The SMILES string of the molecule is OCc1cccc(-n2cncn2)c1. The molecule has 2 aromatic rings. The summed E-state index contributed by atoms with van der Waals surface area (Å²) in [6.45, 7) is 0.0442. The van der Waals surface area contributed by atoms with Gasteiger partial charge in [-0.2, -0.15) is 5.10 Å². The first-order chi connectivity index (χ1) is 6.40. The van der Waals surface area contributed by atoms with E-state index in [1.54, 1.807) is 11.0 Å². The van der Waals surface area contributed by atoms with E-state index in [9.17, 15) is 0 Å². The van der Waals surface area contributed by atoms with Gasteiger partial charge >= 0.3 is 0 Å². The Hall–Kier alpha value is -1.68.